The summed E-state index contributed by atoms with van der Waals surface area (Å²) in [6.07, 6.45) is 3.17. The molecule has 1 aliphatic rings. The zero-order valence-electron chi connectivity index (χ0n) is 9.89. The molecule has 0 radical (unpaired) electrons. The second-order valence-corrected chi connectivity index (χ2v) is 6.04. The van der Waals surface area contributed by atoms with Gasteiger partial charge in [0.05, 0.1) is 10.9 Å². The van der Waals surface area contributed by atoms with Crippen molar-refractivity contribution in [3.8, 4) is 0 Å². The standard InChI is InChI=1S/C14H16N2S/c1-10-6-8-16-14(17-10)12-7-9-15-13-5-3-2-4-11(12)13/h2-5,7,9-10,14,16H,6,8H2,1H3. The smallest absolute Gasteiger partial charge is 0.0799 e. The van der Waals surface area contributed by atoms with E-state index in [4.69, 9.17) is 0 Å². The van der Waals surface area contributed by atoms with Gasteiger partial charge < -0.3 is 5.32 Å². The van der Waals surface area contributed by atoms with Gasteiger partial charge in [0, 0.05) is 16.8 Å². The first-order valence-corrected chi connectivity index (χ1v) is 7.01. The molecule has 3 rings (SSSR count). The molecule has 1 aliphatic heterocycles. The van der Waals surface area contributed by atoms with Crippen molar-refractivity contribution in [1.29, 1.82) is 0 Å². The molecule has 1 aromatic carbocycles. The normalized spacial score (nSPS) is 25.0. The number of rotatable bonds is 1. The Morgan fingerprint density at radius 2 is 2.18 bits per heavy atom. The first-order valence-electron chi connectivity index (χ1n) is 6.07. The van der Waals surface area contributed by atoms with E-state index in [-0.39, 0.29) is 0 Å². The van der Waals surface area contributed by atoms with Gasteiger partial charge in [-0.05, 0) is 30.7 Å². The summed E-state index contributed by atoms with van der Waals surface area (Å²) in [6.45, 7) is 3.41. The van der Waals surface area contributed by atoms with Crippen LogP contribution in [0.25, 0.3) is 10.9 Å². The number of thioether (sulfide) groups is 1. The Morgan fingerprint density at radius 3 is 3.06 bits per heavy atom. The van der Waals surface area contributed by atoms with Crippen LogP contribution >= 0.6 is 11.8 Å². The molecule has 1 N–H and O–H groups in total. The number of pyridine rings is 1. The van der Waals surface area contributed by atoms with Gasteiger partial charge in [-0.1, -0.05) is 25.1 Å². The van der Waals surface area contributed by atoms with Gasteiger partial charge in [0.1, 0.15) is 0 Å². The third-order valence-corrected chi connectivity index (χ3v) is 4.61. The molecule has 2 unspecified atom stereocenters. The van der Waals surface area contributed by atoms with Crippen molar-refractivity contribution < 1.29 is 0 Å². The maximum atomic E-state index is 4.42. The van der Waals surface area contributed by atoms with E-state index in [1.54, 1.807) is 0 Å². The summed E-state index contributed by atoms with van der Waals surface area (Å²) < 4.78 is 0. The van der Waals surface area contributed by atoms with Crippen molar-refractivity contribution in [3.05, 3.63) is 42.1 Å². The highest BCUT2D eigenvalue weighted by Crippen LogP contribution is 2.36. The lowest BCUT2D eigenvalue weighted by Crippen LogP contribution is -2.28. The predicted molar refractivity (Wildman–Crippen MR) is 74.2 cm³/mol. The number of nitrogens with one attached hydrogen (secondary N) is 1. The Bertz CT molecular complexity index is 521. The van der Waals surface area contributed by atoms with Crippen LogP contribution in [0.4, 0.5) is 0 Å². The Morgan fingerprint density at radius 1 is 1.29 bits per heavy atom. The van der Waals surface area contributed by atoms with Crippen LogP contribution in [-0.2, 0) is 0 Å². The summed E-state index contributed by atoms with van der Waals surface area (Å²) in [5, 5.41) is 6.00. The highest BCUT2D eigenvalue weighted by molar-refractivity contribution is 8.00. The van der Waals surface area contributed by atoms with Crippen LogP contribution in [0.2, 0.25) is 0 Å². The first-order chi connectivity index (χ1) is 8.34. The fourth-order valence-corrected chi connectivity index (χ4v) is 3.58. The molecule has 2 heterocycles. The highest BCUT2D eigenvalue weighted by Gasteiger charge is 2.21. The topological polar surface area (TPSA) is 24.9 Å². The number of para-hydroxylation sites is 1. The second-order valence-electron chi connectivity index (χ2n) is 4.49. The molecule has 2 nitrogen and oxygen atoms in total. The van der Waals surface area contributed by atoms with Crippen molar-refractivity contribution in [2.75, 3.05) is 6.54 Å². The molecular weight excluding hydrogens is 228 g/mol. The lowest BCUT2D eigenvalue weighted by atomic mass is 10.1. The summed E-state index contributed by atoms with van der Waals surface area (Å²) >= 11 is 2.02. The average Bonchev–Trinajstić information content (AvgIpc) is 2.38. The maximum Gasteiger partial charge on any atom is 0.0799 e. The largest absolute Gasteiger partial charge is 0.302 e. The molecule has 0 bridgehead atoms. The van der Waals surface area contributed by atoms with E-state index in [0.29, 0.717) is 5.37 Å². The van der Waals surface area contributed by atoms with Crippen LogP contribution in [0.1, 0.15) is 24.3 Å². The Labute approximate surface area is 106 Å². The molecule has 2 aromatic rings. The second kappa shape index (κ2) is 4.67. The Hall–Kier alpha value is -1.06. The van der Waals surface area contributed by atoms with Crippen molar-refractivity contribution >= 4 is 22.7 Å². The van der Waals surface area contributed by atoms with E-state index in [1.807, 2.05) is 24.0 Å². The van der Waals surface area contributed by atoms with Gasteiger partial charge in [-0.15, -0.1) is 11.8 Å². The van der Waals surface area contributed by atoms with Crippen LogP contribution in [0, 0.1) is 0 Å². The van der Waals surface area contributed by atoms with Crippen molar-refractivity contribution in [2.45, 2.75) is 24.0 Å². The van der Waals surface area contributed by atoms with Gasteiger partial charge in [-0.3, -0.25) is 4.98 Å². The minimum absolute atomic E-state index is 0.409. The quantitative estimate of drug-likeness (QED) is 0.832. The van der Waals surface area contributed by atoms with E-state index in [0.717, 1.165) is 17.3 Å². The van der Waals surface area contributed by atoms with Gasteiger partial charge in [-0.25, -0.2) is 0 Å². The van der Waals surface area contributed by atoms with Crippen LogP contribution in [0.5, 0.6) is 0 Å². The third kappa shape index (κ3) is 2.17. The molecule has 3 heteroatoms. The third-order valence-electron chi connectivity index (χ3n) is 3.21. The average molecular weight is 244 g/mol. The SMILES string of the molecule is CC1CCNC(c2ccnc3ccccc23)S1. The summed E-state index contributed by atoms with van der Waals surface area (Å²) in [5.74, 6) is 0. The van der Waals surface area contributed by atoms with Gasteiger partial charge >= 0.3 is 0 Å². The molecule has 2 atom stereocenters. The lowest BCUT2D eigenvalue weighted by molar-refractivity contribution is 0.607. The number of nitrogens with zero attached hydrogens (tertiary/aromatic N) is 1. The van der Waals surface area contributed by atoms with E-state index in [1.165, 1.54) is 17.4 Å². The zero-order chi connectivity index (χ0) is 11.7. The van der Waals surface area contributed by atoms with Gasteiger partial charge in [-0.2, -0.15) is 0 Å². The molecule has 0 aliphatic carbocycles. The number of fused-ring (bicyclic) bond motifs is 1. The Kier molecular flexibility index (Phi) is 3.04. The number of benzene rings is 1. The van der Waals surface area contributed by atoms with Crippen molar-refractivity contribution in [2.24, 2.45) is 0 Å². The van der Waals surface area contributed by atoms with E-state index >= 15 is 0 Å². The molecule has 0 amide bonds. The maximum absolute atomic E-state index is 4.42. The number of aromatic nitrogens is 1. The fraction of sp³-hybridized carbons (Fsp3) is 0.357. The molecule has 0 saturated carbocycles. The van der Waals surface area contributed by atoms with Crippen molar-refractivity contribution in [1.82, 2.24) is 10.3 Å². The van der Waals surface area contributed by atoms with Gasteiger partial charge in [0.15, 0.2) is 0 Å². The minimum Gasteiger partial charge on any atom is -0.302 e. The molecular formula is C14H16N2S. The molecule has 1 fully saturated rings. The van der Waals surface area contributed by atoms with E-state index in [2.05, 4.69) is 41.5 Å². The molecule has 1 aromatic heterocycles. The van der Waals surface area contributed by atoms with Crippen LogP contribution in [0.15, 0.2) is 36.5 Å². The van der Waals surface area contributed by atoms with Crippen LogP contribution in [0.3, 0.4) is 0 Å². The van der Waals surface area contributed by atoms with Crippen LogP contribution in [-0.4, -0.2) is 16.8 Å². The molecule has 17 heavy (non-hydrogen) atoms. The highest BCUT2D eigenvalue weighted by atomic mass is 32.2. The minimum atomic E-state index is 0.409. The zero-order valence-corrected chi connectivity index (χ0v) is 10.7. The summed E-state index contributed by atoms with van der Waals surface area (Å²) in [5.41, 5.74) is 2.46. The summed E-state index contributed by atoms with van der Waals surface area (Å²) in [4.78, 5) is 4.42. The van der Waals surface area contributed by atoms with E-state index in [9.17, 15) is 0 Å². The lowest BCUT2D eigenvalue weighted by Gasteiger charge is -2.28. The first kappa shape index (κ1) is 11.1. The molecule has 88 valence electrons. The summed E-state index contributed by atoms with van der Waals surface area (Å²) in [7, 11) is 0. The number of hydrogen-bond acceptors (Lipinski definition) is 3. The Balaban J connectivity index is 2.04. The van der Waals surface area contributed by atoms with Gasteiger partial charge in [0.2, 0.25) is 0 Å². The fourth-order valence-electron chi connectivity index (χ4n) is 2.30. The van der Waals surface area contributed by atoms with E-state index < -0.39 is 0 Å². The molecule has 1 saturated heterocycles. The molecule has 0 spiro atoms. The predicted octanol–water partition coefficient (Wildman–Crippen LogP) is 3.35. The number of hydrogen-bond donors (Lipinski definition) is 1. The monoisotopic (exact) mass is 244 g/mol. The van der Waals surface area contributed by atoms with Crippen molar-refractivity contribution in [3.63, 3.8) is 0 Å². The van der Waals surface area contributed by atoms with Crippen LogP contribution < -0.4 is 5.32 Å². The van der Waals surface area contributed by atoms with Gasteiger partial charge in [0.25, 0.3) is 0 Å². The summed E-state index contributed by atoms with van der Waals surface area (Å²) in [6, 6.07) is 10.5.